The number of carboxylic acid groups (broad SMARTS) is 1. The fourth-order valence-corrected chi connectivity index (χ4v) is 1.50. The minimum Gasteiger partial charge on any atom is -0.479 e. The van der Waals surface area contributed by atoms with Gasteiger partial charge in [-0.15, -0.1) is 0 Å². The monoisotopic (exact) mass is 328 g/mol. The van der Waals surface area contributed by atoms with Crippen LogP contribution in [0.2, 0.25) is 0 Å². The van der Waals surface area contributed by atoms with E-state index in [0.717, 1.165) is 6.92 Å². The van der Waals surface area contributed by atoms with Crippen LogP contribution in [0.3, 0.4) is 0 Å². The van der Waals surface area contributed by atoms with Crippen LogP contribution in [0.5, 0.6) is 0 Å². The third kappa shape index (κ3) is 6.10. The Balaban J connectivity index is 5.17. The quantitative estimate of drug-likeness (QED) is 0.190. The summed E-state index contributed by atoms with van der Waals surface area (Å²) in [4.78, 5) is 29.6. The zero-order valence-electron chi connectivity index (χ0n) is 13.1. The molecule has 2 unspecified atom stereocenters. The van der Waals surface area contributed by atoms with Crippen LogP contribution >= 0.6 is 0 Å². The second-order valence-electron chi connectivity index (χ2n) is 5.84. The summed E-state index contributed by atoms with van der Waals surface area (Å²) in [7, 11) is 0. The molecule has 0 aromatic heterocycles. The minimum atomic E-state index is -2.60. The number of hydrogen-bond donors (Lipinski definition) is 4. The highest BCUT2D eigenvalue weighted by Gasteiger charge is 2.58. The highest BCUT2D eigenvalue weighted by molar-refractivity contribution is 5.78. The van der Waals surface area contributed by atoms with Gasteiger partial charge in [0.1, 0.15) is 0 Å². The van der Waals surface area contributed by atoms with Gasteiger partial charge in [0.25, 0.3) is 5.79 Å². The van der Waals surface area contributed by atoms with E-state index in [1.807, 2.05) is 0 Å². The molecule has 0 aromatic carbocycles. The zero-order valence-corrected chi connectivity index (χ0v) is 13.1. The van der Waals surface area contributed by atoms with Gasteiger partial charge in [-0.1, -0.05) is 5.04 Å². The Morgan fingerprint density at radius 3 is 2.00 bits per heavy atom. The molecule has 0 heterocycles. The fourth-order valence-electron chi connectivity index (χ4n) is 1.50. The SMILES string of the molecule is CC(C)(C)OOC(C)(OOO)C(O)(CCCCOO)C(=O)O. The smallest absolute Gasteiger partial charge is 0.341 e. The average Bonchev–Trinajstić information content (AvgIpc) is 2.40. The number of rotatable bonds is 11. The first-order chi connectivity index (χ1) is 10.0. The molecular formula is C12H24O10. The third-order valence-corrected chi connectivity index (χ3v) is 2.78. The summed E-state index contributed by atoms with van der Waals surface area (Å²) in [6.07, 6.45) is 0.0634. The lowest BCUT2D eigenvalue weighted by Crippen LogP contribution is -2.61. The van der Waals surface area contributed by atoms with Crippen molar-refractivity contribution in [2.24, 2.45) is 0 Å². The molecule has 10 heteroatoms. The van der Waals surface area contributed by atoms with Crippen molar-refractivity contribution in [2.45, 2.75) is 63.9 Å². The van der Waals surface area contributed by atoms with E-state index in [0.29, 0.717) is 0 Å². The van der Waals surface area contributed by atoms with Crippen molar-refractivity contribution in [1.29, 1.82) is 0 Å². The molecule has 4 N–H and O–H groups in total. The van der Waals surface area contributed by atoms with Crippen LogP contribution in [0.15, 0.2) is 0 Å². The van der Waals surface area contributed by atoms with E-state index >= 15 is 0 Å². The maximum atomic E-state index is 11.4. The Hall–Kier alpha value is -0.850. The normalized spacial score (nSPS) is 17.8. The third-order valence-electron chi connectivity index (χ3n) is 2.78. The fraction of sp³-hybridized carbons (Fsp3) is 0.917. The summed E-state index contributed by atoms with van der Waals surface area (Å²) >= 11 is 0. The van der Waals surface area contributed by atoms with E-state index in [1.54, 1.807) is 20.8 Å². The standard InChI is InChI=1S/C12H24O10/c1-10(2,3)19-20-11(4,21-22-17)12(15,9(13)14)7-5-6-8-18-16/h15-17H,5-8H2,1-4H3,(H,13,14). The maximum Gasteiger partial charge on any atom is 0.341 e. The lowest BCUT2D eigenvalue weighted by molar-refractivity contribution is -0.611. The van der Waals surface area contributed by atoms with Gasteiger partial charge < -0.3 is 10.2 Å². The molecule has 0 fully saturated rings. The van der Waals surface area contributed by atoms with Crippen LogP contribution in [0, 0.1) is 0 Å². The molecule has 2 atom stereocenters. The number of aliphatic carboxylic acids is 1. The first-order valence-corrected chi connectivity index (χ1v) is 6.60. The van der Waals surface area contributed by atoms with E-state index in [-0.39, 0.29) is 25.9 Å². The molecule has 132 valence electrons. The molecule has 0 aliphatic carbocycles. The molecule has 0 aliphatic rings. The molecule has 0 aromatic rings. The highest BCUT2D eigenvalue weighted by atomic mass is 17.5. The Bertz CT molecular complexity index is 341. The summed E-state index contributed by atoms with van der Waals surface area (Å²) in [6, 6.07) is 0. The van der Waals surface area contributed by atoms with Gasteiger partial charge in [-0.05, 0) is 47.0 Å². The Kier molecular flexibility index (Phi) is 8.36. The molecule has 0 bridgehead atoms. The van der Waals surface area contributed by atoms with Gasteiger partial charge in [0, 0.05) is 0 Å². The lowest BCUT2D eigenvalue weighted by atomic mass is 9.88. The molecular weight excluding hydrogens is 304 g/mol. The topological polar surface area (TPSA) is 144 Å². The summed E-state index contributed by atoms with van der Waals surface area (Å²) in [5.41, 5.74) is -3.44. The van der Waals surface area contributed by atoms with Crippen LogP contribution in [-0.4, -0.2) is 50.3 Å². The van der Waals surface area contributed by atoms with Crippen molar-refractivity contribution in [3.05, 3.63) is 0 Å². The van der Waals surface area contributed by atoms with Gasteiger partial charge in [-0.2, -0.15) is 9.78 Å². The van der Waals surface area contributed by atoms with Crippen molar-refractivity contribution in [1.82, 2.24) is 0 Å². The van der Waals surface area contributed by atoms with Crippen LogP contribution in [0.4, 0.5) is 0 Å². The minimum absolute atomic E-state index is 0.0386. The Morgan fingerprint density at radius 1 is 1.00 bits per heavy atom. The van der Waals surface area contributed by atoms with Crippen LogP contribution in [-0.2, 0) is 29.4 Å². The number of carbonyl (C=O) groups is 1. The maximum absolute atomic E-state index is 11.4. The average molecular weight is 328 g/mol. The predicted molar refractivity (Wildman–Crippen MR) is 70.1 cm³/mol. The van der Waals surface area contributed by atoms with Crippen molar-refractivity contribution < 1.29 is 50.1 Å². The molecule has 10 nitrogen and oxygen atoms in total. The van der Waals surface area contributed by atoms with Gasteiger partial charge in [-0.25, -0.2) is 19.8 Å². The first-order valence-electron chi connectivity index (χ1n) is 6.60. The van der Waals surface area contributed by atoms with Crippen LogP contribution in [0.25, 0.3) is 0 Å². The number of carboxylic acids is 1. The Labute approximate surface area is 127 Å². The molecule has 0 saturated carbocycles. The molecule has 0 spiro atoms. The molecule has 0 radical (unpaired) electrons. The Morgan fingerprint density at radius 2 is 1.59 bits per heavy atom. The molecule has 22 heavy (non-hydrogen) atoms. The lowest BCUT2D eigenvalue weighted by Gasteiger charge is -2.38. The van der Waals surface area contributed by atoms with Crippen molar-refractivity contribution in [2.75, 3.05) is 6.61 Å². The summed E-state index contributed by atoms with van der Waals surface area (Å²) in [5.74, 6) is -4.03. The van der Waals surface area contributed by atoms with Gasteiger partial charge in [0.2, 0.25) is 5.60 Å². The summed E-state index contributed by atoms with van der Waals surface area (Å²) < 4.78 is 0. The van der Waals surface area contributed by atoms with Crippen LogP contribution < -0.4 is 0 Å². The molecule has 0 amide bonds. The molecule has 0 saturated heterocycles. The van der Waals surface area contributed by atoms with Gasteiger partial charge in [0.15, 0.2) is 0 Å². The number of aliphatic hydroxyl groups is 1. The van der Waals surface area contributed by atoms with Gasteiger partial charge in [0.05, 0.1) is 12.2 Å². The second kappa shape index (κ2) is 8.70. The number of unbranched alkanes of at least 4 members (excludes halogenated alkanes) is 1. The predicted octanol–water partition coefficient (Wildman–Crippen LogP) is 1.35. The van der Waals surface area contributed by atoms with Crippen molar-refractivity contribution >= 4 is 5.97 Å². The highest BCUT2D eigenvalue weighted by Crippen LogP contribution is 2.34. The largest absolute Gasteiger partial charge is 0.479 e. The van der Waals surface area contributed by atoms with E-state index in [9.17, 15) is 15.0 Å². The van der Waals surface area contributed by atoms with E-state index < -0.39 is 23.0 Å². The van der Waals surface area contributed by atoms with Crippen molar-refractivity contribution in [3.63, 3.8) is 0 Å². The molecule has 0 aliphatic heterocycles. The van der Waals surface area contributed by atoms with E-state index in [4.69, 9.17) is 20.3 Å². The van der Waals surface area contributed by atoms with Crippen molar-refractivity contribution in [3.8, 4) is 0 Å². The van der Waals surface area contributed by atoms with Gasteiger partial charge in [-0.3, -0.25) is 5.26 Å². The zero-order chi connectivity index (χ0) is 17.4. The number of hydrogen-bond acceptors (Lipinski definition) is 9. The summed E-state index contributed by atoms with van der Waals surface area (Å²) in [5, 5.41) is 39.9. The van der Waals surface area contributed by atoms with E-state index in [2.05, 4.69) is 14.8 Å². The summed E-state index contributed by atoms with van der Waals surface area (Å²) in [6.45, 7) is 5.84. The second-order valence-corrected chi connectivity index (χ2v) is 5.84. The van der Waals surface area contributed by atoms with Crippen LogP contribution in [0.1, 0.15) is 47.0 Å². The van der Waals surface area contributed by atoms with E-state index in [1.165, 1.54) is 0 Å². The van der Waals surface area contributed by atoms with Gasteiger partial charge >= 0.3 is 5.97 Å². The first kappa shape index (κ1) is 21.1. The molecule has 0 rings (SSSR count).